The molecule has 0 amide bonds. The molecule has 1 saturated heterocycles. The van der Waals surface area contributed by atoms with Crippen molar-refractivity contribution in [1.82, 2.24) is 4.98 Å². The predicted molar refractivity (Wildman–Crippen MR) is 76.0 cm³/mol. The molecular weight excluding hydrogens is 290 g/mol. The Kier molecular flexibility index (Phi) is 4.69. The highest BCUT2D eigenvalue weighted by Gasteiger charge is 2.26. The number of ketones is 1. The van der Waals surface area contributed by atoms with E-state index >= 15 is 0 Å². The van der Waals surface area contributed by atoms with Gasteiger partial charge in [0.2, 0.25) is 0 Å². The molecule has 18 heavy (non-hydrogen) atoms. The SMILES string of the molecule is COC(=O)c1nc(C2CSCCS2)sc1C(C)=O. The lowest BCUT2D eigenvalue weighted by molar-refractivity contribution is 0.0591. The molecule has 0 spiro atoms. The van der Waals surface area contributed by atoms with Crippen LogP contribution in [-0.4, -0.2) is 41.1 Å². The van der Waals surface area contributed by atoms with E-state index in [0.717, 1.165) is 22.3 Å². The van der Waals surface area contributed by atoms with E-state index in [-0.39, 0.29) is 16.7 Å². The van der Waals surface area contributed by atoms with Crippen LogP contribution in [0.5, 0.6) is 0 Å². The standard InChI is InChI=1S/C11H13NO3S3/c1-6(13)9-8(11(14)15-2)12-10(18-9)7-5-16-3-4-17-7/h7H,3-5H2,1-2H3. The fourth-order valence-corrected chi connectivity index (χ4v) is 5.51. The molecule has 0 radical (unpaired) electrons. The zero-order valence-corrected chi connectivity index (χ0v) is 12.5. The number of hydrogen-bond donors (Lipinski definition) is 0. The number of carbonyl (C=O) groups is 2. The maximum absolute atomic E-state index is 11.6. The molecule has 1 atom stereocenters. The van der Waals surface area contributed by atoms with Crippen LogP contribution in [0.15, 0.2) is 0 Å². The smallest absolute Gasteiger partial charge is 0.358 e. The fourth-order valence-electron chi connectivity index (χ4n) is 1.58. The van der Waals surface area contributed by atoms with E-state index in [2.05, 4.69) is 9.72 Å². The Morgan fingerprint density at radius 3 is 2.72 bits per heavy atom. The number of aromatic nitrogens is 1. The lowest BCUT2D eigenvalue weighted by Crippen LogP contribution is -2.09. The summed E-state index contributed by atoms with van der Waals surface area (Å²) in [5, 5.41) is 1.14. The van der Waals surface area contributed by atoms with Gasteiger partial charge in [0, 0.05) is 24.2 Å². The highest BCUT2D eigenvalue weighted by molar-refractivity contribution is 8.06. The molecule has 98 valence electrons. The summed E-state index contributed by atoms with van der Waals surface area (Å²) >= 11 is 5.04. The maximum atomic E-state index is 11.6. The number of Topliss-reactive ketones (excluding diaryl/α,β-unsaturated/α-hetero) is 1. The monoisotopic (exact) mass is 303 g/mol. The minimum Gasteiger partial charge on any atom is -0.464 e. The molecule has 7 heteroatoms. The second-order valence-electron chi connectivity index (χ2n) is 3.71. The van der Waals surface area contributed by atoms with Crippen molar-refractivity contribution in [3.8, 4) is 0 Å². The zero-order valence-electron chi connectivity index (χ0n) is 10.1. The molecule has 1 fully saturated rings. The molecular formula is C11H13NO3S3. The van der Waals surface area contributed by atoms with E-state index in [0.29, 0.717) is 4.88 Å². The van der Waals surface area contributed by atoms with E-state index in [4.69, 9.17) is 0 Å². The largest absolute Gasteiger partial charge is 0.464 e. The number of rotatable bonds is 3. The first kappa shape index (κ1) is 13.9. The third-order valence-corrected chi connectivity index (χ3v) is 6.62. The first-order valence-electron chi connectivity index (χ1n) is 5.42. The van der Waals surface area contributed by atoms with Gasteiger partial charge < -0.3 is 4.74 Å². The van der Waals surface area contributed by atoms with Gasteiger partial charge in [-0.2, -0.15) is 11.8 Å². The van der Waals surface area contributed by atoms with Crippen LogP contribution in [0.1, 0.15) is 37.3 Å². The van der Waals surface area contributed by atoms with Crippen LogP contribution >= 0.6 is 34.9 Å². The van der Waals surface area contributed by atoms with Crippen molar-refractivity contribution in [2.45, 2.75) is 12.2 Å². The van der Waals surface area contributed by atoms with E-state index in [9.17, 15) is 9.59 Å². The molecule has 0 aliphatic carbocycles. The van der Waals surface area contributed by atoms with Crippen molar-refractivity contribution in [3.63, 3.8) is 0 Å². The molecule has 0 saturated carbocycles. The van der Waals surface area contributed by atoms with Crippen molar-refractivity contribution in [1.29, 1.82) is 0 Å². The summed E-state index contributed by atoms with van der Waals surface area (Å²) in [4.78, 5) is 27.9. The van der Waals surface area contributed by atoms with Crippen LogP contribution < -0.4 is 0 Å². The average molecular weight is 303 g/mol. The molecule has 0 bridgehead atoms. The molecule has 1 aliphatic heterocycles. The van der Waals surface area contributed by atoms with E-state index < -0.39 is 5.97 Å². The van der Waals surface area contributed by atoms with Crippen LogP contribution in [0.2, 0.25) is 0 Å². The molecule has 1 aliphatic rings. The average Bonchev–Trinajstić information content (AvgIpc) is 2.84. The summed E-state index contributed by atoms with van der Waals surface area (Å²) in [7, 11) is 1.30. The topological polar surface area (TPSA) is 56.3 Å². The highest BCUT2D eigenvalue weighted by atomic mass is 32.2. The Morgan fingerprint density at radius 1 is 1.39 bits per heavy atom. The predicted octanol–water partition coefficient (Wildman–Crippen LogP) is 2.65. The lowest BCUT2D eigenvalue weighted by atomic mass is 10.3. The summed E-state index contributed by atoms with van der Waals surface area (Å²) in [5.74, 6) is 2.55. The van der Waals surface area contributed by atoms with Crippen LogP contribution in [-0.2, 0) is 4.74 Å². The van der Waals surface area contributed by atoms with E-state index in [1.807, 2.05) is 23.5 Å². The number of methoxy groups -OCH3 is 1. The molecule has 1 unspecified atom stereocenters. The van der Waals surface area contributed by atoms with Crippen LogP contribution in [0.25, 0.3) is 0 Å². The molecule has 4 nitrogen and oxygen atoms in total. The molecule has 1 aromatic rings. The summed E-state index contributed by atoms with van der Waals surface area (Å²) in [6.07, 6.45) is 0. The minimum atomic E-state index is -0.531. The summed E-state index contributed by atoms with van der Waals surface area (Å²) in [5.41, 5.74) is 0.168. The minimum absolute atomic E-state index is 0.132. The van der Waals surface area contributed by atoms with Gasteiger partial charge in [0.15, 0.2) is 11.5 Å². The second-order valence-corrected chi connectivity index (χ2v) is 7.20. The molecule has 0 aromatic carbocycles. The number of thioether (sulfide) groups is 2. The van der Waals surface area contributed by atoms with Crippen molar-refractivity contribution < 1.29 is 14.3 Å². The third kappa shape index (κ3) is 2.89. The molecule has 1 aromatic heterocycles. The van der Waals surface area contributed by atoms with Crippen molar-refractivity contribution in [3.05, 3.63) is 15.6 Å². The van der Waals surface area contributed by atoms with Crippen LogP contribution in [0.3, 0.4) is 0 Å². The van der Waals surface area contributed by atoms with Gasteiger partial charge in [-0.1, -0.05) is 0 Å². The Hall–Kier alpha value is -0.530. The van der Waals surface area contributed by atoms with Crippen molar-refractivity contribution >= 4 is 46.6 Å². The third-order valence-electron chi connectivity index (χ3n) is 2.43. The number of thiazole rings is 1. The molecule has 2 rings (SSSR count). The van der Waals surface area contributed by atoms with Gasteiger partial charge in [-0.05, 0) is 0 Å². The quantitative estimate of drug-likeness (QED) is 0.632. The fraction of sp³-hybridized carbons (Fsp3) is 0.545. The van der Waals surface area contributed by atoms with Gasteiger partial charge in [0.05, 0.1) is 12.4 Å². The Balaban J connectivity index is 2.32. The Labute approximate surface area is 118 Å². The lowest BCUT2D eigenvalue weighted by Gasteiger charge is -2.18. The Morgan fingerprint density at radius 2 is 2.17 bits per heavy atom. The number of carbonyl (C=O) groups excluding carboxylic acids is 2. The normalized spacial score (nSPS) is 19.6. The van der Waals surface area contributed by atoms with Gasteiger partial charge in [-0.3, -0.25) is 4.79 Å². The van der Waals surface area contributed by atoms with Crippen molar-refractivity contribution in [2.24, 2.45) is 0 Å². The van der Waals surface area contributed by atoms with Crippen molar-refractivity contribution in [2.75, 3.05) is 24.4 Å². The molecule has 0 N–H and O–H groups in total. The van der Waals surface area contributed by atoms with Gasteiger partial charge >= 0.3 is 5.97 Å². The number of ether oxygens (including phenoxy) is 1. The van der Waals surface area contributed by atoms with Gasteiger partial charge in [0.25, 0.3) is 0 Å². The van der Waals surface area contributed by atoms with Gasteiger partial charge in [-0.15, -0.1) is 23.1 Å². The van der Waals surface area contributed by atoms with Gasteiger partial charge in [-0.25, -0.2) is 9.78 Å². The number of hydrogen-bond acceptors (Lipinski definition) is 7. The summed E-state index contributed by atoms with van der Waals surface area (Å²) < 4.78 is 4.67. The van der Waals surface area contributed by atoms with E-state index in [1.165, 1.54) is 25.4 Å². The maximum Gasteiger partial charge on any atom is 0.358 e. The first-order valence-corrected chi connectivity index (χ1v) is 8.44. The van der Waals surface area contributed by atoms with E-state index in [1.54, 1.807) is 0 Å². The highest BCUT2D eigenvalue weighted by Crippen LogP contribution is 2.39. The van der Waals surface area contributed by atoms with Crippen LogP contribution in [0, 0.1) is 0 Å². The summed E-state index contributed by atoms with van der Waals surface area (Å²) in [6.45, 7) is 1.45. The first-order chi connectivity index (χ1) is 8.63. The molecule has 2 heterocycles. The van der Waals surface area contributed by atoms with Gasteiger partial charge in [0.1, 0.15) is 9.88 Å². The number of nitrogens with zero attached hydrogens (tertiary/aromatic N) is 1. The summed E-state index contributed by atoms with van der Waals surface area (Å²) in [6, 6.07) is 0. The Bertz CT molecular complexity index is 466. The number of esters is 1. The second kappa shape index (κ2) is 6.08. The zero-order chi connectivity index (χ0) is 13.1. The van der Waals surface area contributed by atoms with Crippen LogP contribution in [0.4, 0.5) is 0 Å².